The number of carbonyl (C=O) groups is 1. The SMILES string of the molecule is O=C1CCCN1c1oc(-c2cncc(-c3ccsc3)c2)nc1-c1ccccc1. The number of carbonyl (C=O) groups excluding carboxylic acids is 1. The molecule has 1 aliphatic rings. The van der Waals surface area contributed by atoms with Gasteiger partial charge in [-0.25, -0.2) is 4.98 Å². The quantitative estimate of drug-likeness (QED) is 0.479. The van der Waals surface area contributed by atoms with Crippen LogP contribution < -0.4 is 4.90 Å². The van der Waals surface area contributed by atoms with Gasteiger partial charge in [0.15, 0.2) is 0 Å². The normalized spacial score (nSPS) is 14.0. The molecular weight excluding hydrogens is 370 g/mol. The van der Waals surface area contributed by atoms with Crippen molar-refractivity contribution in [2.24, 2.45) is 0 Å². The Bertz CT molecular complexity index is 1120. The molecule has 4 aromatic rings. The van der Waals surface area contributed by atoms with E-state index in [0.29, 0.717) is 30.4 Å². The van der Waals surface area contributed by atoms with E-state index in [1.807, 2.05) is 48.0 Å². The molecule has 0 saturated carbocycles. The number of rotatable bonds is 4. The maximum atomic E-state index is 12.3. The summed E-state index contributed by atoms with van der Waals surface area (Å²) in [4.78, 5) is 23.2. The van der Waals surface area contributed by atoms with Crippen LogP contribution in [0.1, 0.15) is 12.8 Å². The molecule has 1 saturated heterocycles. The zero-order chi connectivity index (χ0) is 18.9. The molecule has 3 aromatic heterocycles. The standard InChI is InChI=1S/C22H17N3O2S/c26-19-7-4-9-25(19)22-20(15-5-2-1-3-6-15)24-21(27-22)18-11-17(12-23-13-18)16-8-10-28-14-16/h1-3,5-6,8,10-14H,4,7,9H2. The molecule has 0 radical (unpaired) electrons. The van der Waals surface area contributed by atoms with E-state index in [1.54, 1.807) is 22.4 Å². The highest BCUT2D eigenvalue weighted by atomic mass is 32.1. The Morgan fingerprint density at radius 1 is 1.00 bits per heavy atom. The number of nitrogens with zero attached hydrogens (tertiary/aromatic N) is 3. The van der Waals surface area contributed by atoms with Gasteiger partial charge in [0.2, 0.25) is 17.7 Å². The summed E-state index contributed by atoms with van der Waals surface area (Å²) in [5.41, 5.74) is 4.53. The third kappa shape index (κ3) is 3.01. The van der Waals surface area contributed by atoms with Gasteiger partial charge in [0.25, 0.3) is 0 Å². The summed E-state index contributed by atoms with van der Waals surface area (Å²) in [6.45, 7) is 0.653. The van der Waals surface area contributed by atoms with Crippen molar-refractivity contribution < 1.29 is 9.21 Å². The Morgan fingerprint density at radius 2 is 1.86 bits per heavy atom. The number of thiophene rings is 1. The highest BCUT2D eigenvalue weighted by Gasteiger charge is 2.29. The smallest absolute Gasteiger partial charge is 0.231 e. The summed E-state index contributed by atoms with van der Waals surface area (Å²) in [7, 11) is 0. The van der Waals surface area contributed by atoms with Crippen molar-refractivity contribution in [1.82, 2.24) is 9.97 Å². The lowest BCUT2D eigenvalue weighted by Crippen LogP contribution is -2.23. The number of anilines is 1. The Labute approximate surface area is 166 Å². The minimum absolute atomic E-state index is 0.0741. The number of oxazole rings is 1. The fraction of sp³-hybridized carbons (Fsp3) is 0.136. The third-order valence-electron chi connectivity index (χ3n) is 4.81. The number of aromatic nitrogens is 2. The van der Waals surface area contributed by atoms with E-state index in [0.717, 1.165) is 28.7 Å². The molecule has 0 spiro atoms. The monoisotopic (exact) mass is 387 g/mol. The van der Waals surface area contributed by atoms with E-state index in [2.05, 4.69) is 16.4 Å². The summed E-state index contributed by atoms with van der Waals surface area (Å²) >= 11 is 1.65. The Balaban J connectivity index is 1.62. The molecule has 5 rings (SSSR count). The first-order valence-corrected chi connectivity index (χ1v) is 10.1. The summed E-state index contributed by atoms with van der Waals surface area (Å²) in [5, 5.41) is 4.12. The predicted octanol–water partition coefficient (Wildman–Crippen LogP) is 5.26. The van der Waals surface area contributed by atoms with Gasteiger partial charge < -0.3 is 4.42 Å². The molecule has 0 bridgehead atoms. The molecule has 0 unspecified atom stereocenters. The Hall–Kier alpha value is -3.25. The van der Waals surface area contributed by atoms with Crippen LogP contribution >= 0.6 is 11.3 Å². The van der Waals surface area contributed by atoms with Crippen LogP contribution in [0.5, 0.6) is 0 Å². The van der Waals surface area contributed by atoms with E-state index in [4.69, 9.17) is 9.40 Å². The topological polar surface area (TPSA) is 59.2 Å². The van der Waals surface area contributed by atoms with Gasteiger partial charge in [0, 0.05) is 36.5 Å². The first-order valence-electron chi connectivity index (χ1n) is 9.14. The van der Waals surface area contributed by atoms with E-state index < -0.39 is 0 Å². The second-order valence-corrected chi connectivity index (χ2v) is 7.44. The largest absolute Gasteiger partial charge is 0.419 e. The van der Waals surface area contributed by atoms with Crippen molar-refractivity contribution in [3.63, 3.8) is 0 Å². The van der Waals surface area contributed by atoms with Crippen molar-refractivity contribution in [3.8, 4) is 33.8 Å². The molecule has 6 heteroatoms. The van der Waals surface area contributed by atoms with Gasteiger partial charge in [0.05, 0.1) is 5.56 Å². The van der Waals surface area contributed by atoms with Crippen LogP contribution in [-0.2, 0) is 4.79 Å². The zero-order valence-corrected chi connectivity index (χ0v) is 15.9. The average Bonchev–Trinajstić information content (AvgIpc) is 3.49. The van der Waals surface area contributed by atoms with Crippen LogP contribution in [0, 0.1) is 0 Å². The van der Waals surface area contributed by atoms with Crippen LogP contribution in [-0.4, -0.2) is 22.4 Å². The summed E-state index contributed by atoms with van der Waals surface area (Å²) in [6.07, 6.45) is 4.95. The van der Waals surface area contributed by atoms with Crippen molar-refractivity contribution >= 4 is 23.1 Å². The van der Waals surface area contributed by atoms with E-state index in [9.17, 15) is 4.79 Å². The van der Waals surface area contributed by atoms with E-state index >= 15 is 0 Å². The number of amides is 1. The minimum atomic E-state index is 0.0741. The molecule has 0 atom stereocenters. The molecule has 1 aliphatic heterocycles. The molecule has 0 aliphatic carbocycles. The van der Waals surface area contributed by atoms with Gasteiger partial charge in [-0.05, 0) is 34.9 Å². The highest BCUT2D eigenvalue weighted by Crippen LogP contribution is 2.37. The lowest BCUT2D eigenvalue weighted by atomic mass is 10.1. The molecule has 5 nitrogen and oxygen atoms in total. The second kappa shape index (κ2) is 7.05. The zero-order valence-electron chi connectivity index (χ0n) is 15.0. The number of benzene rings is 1. The van der Waals surface area contributed by atoms with Crippen LogP contribution in [0.4, 0.5) is 5.88 Å². The fourth-order valence-electron chi connectivity index (χ4n) is 3.41. The summed E-state index contributed by atoms with van der Waals surface area (Å²) in [6, 6.07) is 13.9. The average molecular weight is 387 g/mol. The molecule has 28 heavy (non-hydrogen) atoms. The summed E-state index contributed by atoms with van der Waals surface area (Å²) < 4.78 is 6.14. The van der Waals surface area contributed by atoms with Crippen LogP contribution in [0.15, 0.2) is 70.0 Å². The van der Waals surface area contributed by atoms with Crippen LogP contribution in [0.25, 0.3) is 33.8 Å². The molecule has 0 N–H and O–H groups in total. The third-order valence-corrected chi connectivity index (χ3v) is 5.50. The number of hydrogen-bond acceptors (Lipinski definition) is 5. The molecule has 4 heterocycles. The van der Waals surface area contributed by atoms with Crippen LogP contribution in [0.2, 0.25) is 0 Å². The predicted molar refractivity (Wildman–Crippen MR) is 110 cm³/mol. The van der Waals surface area contributed by atoms with Crippen molar-refractivity contribution in [2.45, 2.75) is 12.8 Å². The van der Waals surface area contributed by atoms with Crippen molar-refractivity contribution in [1.29, 1.82) is 0 Å². The second-order valence-electron chi connectivity index (χ2n) is 6.66. The minimum Gasteiger partial charge on any atom is -0.419 e. The Morgan fingerprint density at radius 3 is 2.61 bits per heavy atom. The Kier molecular flexibility index (Phi) is 4.25. The van der Waals surface area contributed by atoms with Crippen molar-refractivity contribution in [2.75, 3.05) is 11.4 Å². The summed E-state index contributed by atoms with van der Waals surface area (Å²) in [5.74, 6) is 1.06. The number of pyridine rings is 1. The molecule has 1 amide bonds. The van der Waals surface area contributed by atoms with Gasteiger partial charge in [-0.1, -0.05) is 30.3 Å². The molecule has 1 aromatic carbocycles. The van der Waals surface area contributed by atoms with Crippen LogP contribution in [0.3, 0.4) is 0 Å². The fourth-order valence-corrected chi connectivity index (χ4v) is 4.07. The molecule has 138 valence electrons. The maximum absolute atomic E-state index is 12.3. The van der Waals surface area contributed by atoms with Gasteiger partial charge in [-0.15, -0.1) is 0 Å². The van der Waals surface area contributed by atoms with E-state index in [-0.39, 0.29) is 5.91 Å². The highest BCUT2D eigenvalue weighted by molar-refractivity contribution is 7.08. The first-order chi connectivity index (χ1) is 13.8. The van der Waals surface area contributed by atoms with Gasteiger partial charge in [0.1, 0.15) is 5.69 Å². The van der Waals surface area contributed by atoms with Gasteiger partial charge >= 0.3 is 0 Å². The molecular formula is C22H17N3O2S. The van der Waals surface area contributed by atoms with Gasteiger partial charge in [-0.2, -0.15) is 11.3 Å². The van der Waals surface area contributed by atoms with Gasteiger partial charge in [-0.3, -0.25) is 14.7 Å². The van der Waals surface area contributed by atoms with Crippen molar-refractivity contribution in [3.05, 3.63) is 65.6 Å². The van der Waals surface area contributed by atoms with E-state index in [1.165, 1.54) is 0 Å². The first kappa shape index (κ1) is 16.9. The lowest BCUT2D eigenvalue weighted by molar-refractivity contribution is -0.117. The maximum Gasteiger partial charge on any atom is 0.231 e. The lowest BCUT2D eigenvalue weighted by Gasteiger charge is -2.13. The molecule has 1 fully saturated rings. The number of hydrogen-bond donors (Lipinski definition) is 0.